The fraction of sp³-hybridized carbons (Fsp3) is 0.538. The van der Waals surface area contributed by atoms with Gasteiger partial charge in [0.2, 0.25) is 0 Å². The van der Waals surface area contributed by atoms with E-state index in [2.05, 4.69) is 5.32 Å². The quantitative estimate of drug-likeness (QED) is 0.672. The van der Waals surface area contributed by atoms with Crippen LogP contribution in [0.4, 0.5) is 11.4 Å². The van der Waals surface area contributed by atoms with Crippen molar-refractivity contribution in [2.24, 2.45) is 0 Å². The van der Waals surface area contributed by atoms with Gasteiger partial charge in [0.15, 0.2) is 5.79 Å². The lowest BCUT2D eigenvalue weighted by atomic mass is 10.1. The SMILES string of the molecule is Cc1ccc(NC2COC(C)(C)OC2)cc1[N+](=O)[O-]. The molecular weight excluding hydrogens is 248 g/mol. The van der Waals surface area contributed by atoms with Crippen molar-refractivity contribution in [2.75, 3.05) is 18.5 Å². The summed E-state index contributed by atoms with van der Waals surface area (Å²) in [6, 6.07) is 5.09. The minimum Gasteiger partial charge on any atom is -0.377 e. The minimum absolute atomic E-state index is 0.00432. The second-order valence-corrected chi connectivity index (χ2v) is 5.12. The highest BCUT2D eigenvalue weighted by Gasteiger charge is 2.28. The summed E-state index contributed by atoms with van der Waals surface area (Å²) in [7, 11) is 0. The predicted molar refractivity (Wildman–Crippen MR) is 71.2 cm³/mol. The van der Waals surface area contributed by atoms with Crippen LogP contribution >= 0.6 is 0 Å². The van der Waals surface area contributed by atoms with Gasteiger partial charge in [-0.3, -0.25) is 10.1 Å². The number of hydrogen-bond acceptors (Lipinski definition) is 5. The fourth-order valence-corrected chi connectivity index (χ4v) is 1.91. The summed E-state index contributed by atoms with van der Waals surface area (Å²) >= 11 is 0. The van der Waals surface area contributed by atoms with Gasteiger partial charge in [-0.1, -0.05) is 6.07 Å². The molecule has 0 unspecified atom stereocenters. The van der Waals surface area contributed by atoms with Crippen molar-refractivity contribution in [1.29, 1.82) is 0 Å². The molecule has 1 saturated heterocycles. The van der Waals surface area contributed by atoms with Crippen LogP contribution in [-0.2, 0) is 9.47 Å². The molecule has 1 aliphatic rings. The summed E-state index contributed by atoms with van der Waals surface area (Å²) in [6.07, 6.45) is 0. The Morgan fingerprint density at radius 3 is 2.58 bits per heavy atom. The van der Waals surface area contributed by atoms with E-state index in [4.69, 9.17) is 9.47 Å². The molecule has 0 spiro atoms. The second kappa shape index (κ2) is 5.14. The number of nitro groups is 1. The van der Waals surface area contributed by atoms with Crippen LogP contribution in [0.2, 0.25) is 0 Å². The molecule has 0 aliphatic carbocycles. The van der Waals surface area contributed by atoms with E-state index in [0.29, 0.717) is 24.5 Å². The number of rotatable bonds is 3. The first-order chi connectivity index (χ1) is 8.87. The van der Waals surface area contributed by atoms with Crippen molar-refractivity contribution in [3.8, 4) is 0 Å². The van der Waals surface area contributed by atoms with Crippen LogP contribution in [0.15, 0.2) is 18.2 Å². The van der Waals surface area contributed by atoms with Gasteiger partial charge >= 0.3 is 0 Å². The van der Waals surface area contributed by atoms with Crippen LogP contribution < -0.4 is 5.32 Å². The molecule has 0 bridgehead atoms. The van der Waals surface area contributed by atoms with E-state index in [9.17, 15) is 10.1 Å². The van der Waals surface area contributed by atoms with E-state index in [1.807, 2.05) is 19.9 Å². The summed E-state index contributed by atoms with van der Waals surface area (Å²) in [5.74, 6) is -0.558. The Morgan fingerprint density at radius 2 is 2.00 bits per heavy atom. The van der Waals surface area contributed by atoms with Gasteiger partial charge in [-0.15, -0.1) is 0 Å². The average molecular weight is 266 g/mol. The molecule has 0 radical (unpaired) electrons. The number of anilines is 1. The first-order valence-electron chi connectivity index (χ1n) is 6.17. The summed E-state index contributed by atoms with van der Waals surface area (Å²) in [6.45, 7) is 6.46. The van der Waals surface area contributed by atoms with Crippen molar-refractivity contribution < 1.29 is 14.4 Å². The van der Waals surface area contributed by atoms with E-state index in [-0.39, 0.29) is 16.7 Å². The molecule has 0 saturated carbocycles. The third-order valence-corrected chi connectivity index (χ3v) is 3.04. The molecule has 2 rings (SSSR count). The molecule has 6 heteroatoms. The van der Waals surface area contributed by atoms with Crippen molar-refractivity contribution in [3.63, 3.8) is 0 Å². The van der Waals surface area contributed by atoms with Crippen molar-refractivity contribution in [3.05, 3.63) is 33.9 Å². The molecule has 19 heavy (non-hydrogen) atoms. The Labute approximate surface area is 111 Å². The molecule has 0 atom stereocenters. The third kappa shape index (κ3) is 3.42. The number of hydrogen-bond donors (Lipinski definition) is 1. The lowest BCUT2D eigenvalue weighted by molar-refractivity contribution is -0.385. The maximum absolute atomic E-state index is 10.9. The van der Waals surface area contributed by atoms with Crippen molar-refractivity contribution in [1.82, 2.24) is 0 Å². The highest BCUT2D eigenvalue weighted by molar-refractivity contribution is 5.55. The Morgan fingerprint density at radius 1 is 1.37 bits per heavy atom. The maximum atomic E-state index is 10.9. The van der Waals surface area contributed by atoms with E-state index in [1.165, 1.54) is 6.07 Å². The molecule has 1 aromatic rings. The zero-order valence-corrected chi connectivity index (χ0v) is 11.3. The van der Waals surface area contributed by atoms with Crippen LogP contribution in [0.25, 0.3) is 0 Å². The molecule has 1 aliphatic heterocycles. The third-order valence-electron chi connectivity index (χ3n) is 3.04. The molecule has 1 N–H and O–H groups in total. The highest BCUT2D eigenvalue weighted by Crippen LogP contribution is 2.24. The number of aryl methyl sites for hydroxylation is 1. The van der Waals surface area contributed by atoms with Crippen LogP contribution in [0.5, 0.6) is 0 Å². The molecule has 1 heterocycles. The Kier molecular flexibility index (Phi) is 3.73. The normalized spacial score (nSPS) is 19.1. The van der Waals surface area contributed by atoms with Crippen molar-refractivity contribution in [2.45, 2.75) is 32.6 Å². The van der Waals surface area contributed by atoms with Crippen LogP contribution in [-0.4, -0.2) is 30.0 Å². The zero-order valence-electron chi connectivity index (χ0n) is 11.3. The summed E-state index contributed by atoms with van der Waals surface area (Å²) < 4.78 is 11.1. The van der Waals surface area contributed by atoms with E-state index in [1.54, 1.807) is 13.0 Å². The van der Waals surface area contributed by atoms with Gasteiger partial charge in [0.1, 0.15) is 0 Å². The number of nitro benzene ring substituents is 1. The number of nitrogens with zero attached hydrogens (tertiary/aromatic N) is 1. The van der Waals surface area contributed by atoms with E-state index >= 15 is 0 Å². The lowest BCUT2D eigenvalue weighted by Gasteiger charge is -2.35. The first kappa shape index (κ1) is 13.8. The molecule has 0 aromatic heterocycles. The van der Waals surface area contributed by atoms with Gasteiger partial charge in [0, 0.05) is 17.3 Å². The predicted octanol–water partition coefficient (Wildman–Crippen LogP) is 2.47. The number of benzene rings is 1. The summed E-state index contributed by atoms with van der Waals surface area (Å²) in [4.78, 5) is 10.5. The first-order valence-corrected chi connectivity index (χ1v) is 6.17. The smallest absolute Gasteiger partial charge is 0.274 e. The van der Waals surface area contributed by atoms with Crippen molar-refractivity contribution >= 4 is 11.4 Å². The summed E-state index contributed by atoms with van der Waals surface area (Å²) in [5, 5.41) is 14.1. The van der Waals surface area contributed by atoms with Gasteiger partial charge in [-0.25, -0.2) is 0 Å². The highest BCUT2D eigenvalue weighted by atomic mass is 16.7. The Balaban J connectivity index is 2.04. The van der Waals surface area contributed by atoms with E-state index < -0.39 is 5.79 Å². The average Bonchev–Trinajstić information content (AvgIpc) is 2.34. The lowest BCUT2D eigenvalue weighted by Crippen LogP contribution is -2.45. The largest absolute Gasteiger partial charge is 0.377 e. The second-order valence-electron chi connectivity index (χ2n) is 5.12. The Bertz CT molecular complexity index is 478. The monoisotopic (exact) mass is 266 g/mol. The molecular formula is C13H18N2O4. The molecule has 1 aromatic carbocycles. The van der Waals surface area contributed by atoms with Gasteiger partial charge in [0.05, 0.1) is 24.2 Å². The zero-order chi connectivity index (χ0) is 14.0. The minimum atomic E-state index is -0.558. The van der Waals surface area contributed by atoms with Gasteiger partial charge in [-0.05, 0) is 26.8 Å². The molecule has 0 amide bonds. The Hall–Kier alpha value is -1.66. The van der Waals surface area contributed by atoms with Gasteiger partial charge in [0.25, 0.3) is 5.69 Å². The standard InChI is InChI=1S/C13H18N2O4/c1-9-4-5-10(6-12(9)15(16)17)14-11-7-18-13(2,3)19-8-11/h4-6,11,14H,7-8H2,1-3H3. The topological polar surface area (TPSA) is 73.6 Å². The summed E-state index contributed by atoms with van der Waals surface area (Å²) in [5.41, 5.74) is 1.46. The fourth-order valence-electron chi connectivity index (χ4n) is 1.91. The van der Waals surface area contributed by atoms with Crippen LogP contribution in [0.3, 0.4) is 0 Å². The number of nitrogens with one attached hydrogen (secondary N) is 1. The number of ether oxygens (including phenoxy) is 2. The van der Waals surface area contributed by atoms with E-state index in [0.717, 1.165) is 0 Å². The van der Waals surface area contributed by atoms with Gasteiger partial charge < -0.3 is 14.8 Å². The molecule has 6 nitrogen and oxygen atoms in total. The molecule has 1 fully saturated rings. The van der Waals surface area contributed by atoms with Gasteiger partial charge in [-0.2, -0.15) is 0 Å². The molecule has 104 valence electrons. The van der Waals surface area contributed by atoms with Crippen LogP contribution in [0, 0.1) is 17.0 Å². The maximum Gasteiger partial charge on any atom is 0.274 e. The van der Waals surface area contributed by atoms with Crippen LogP contribution in [0.1, 0.15) is 19.4 Å².